The summed E-state index contributed by atoms with van der Waals surface area (Å²) in [5.41, 5.74) is 0.838. The maximum Gasteiger partial charge on any atom is 0.283 e. The summed E-state index contributed by atoms with van der Waals surface area (Å²) in [4.78, 5) is 13.4. The number of carbonyl (C=O) groups excluding carboxylic acids is 1. The summed E-state index contributed by atoms with van der Waals surface area (Å²) in [6.45, 7) is 5.25. The largest absolute Gasteiger partial charge is 0.505 e. The van der Waals surface area contributed by atoms with Crippen LogP contribution in [0.25, 0.3) is 0 Å². The molecule has 6 nitrogen and oxygen atoms in total. The third-order valence-corrected chi connectivity index (χ3v) is 5.09. The van der Waals surface area contributed by atoms with Gasteiger partial charge in [0.15, 0.2) is 5.76 Å². The van der Waals surface area contributed by atoms with Crippen LogP contribution in [-0.4, -0.2) is 37.1 Å². The summed E-state index contributed by atoms with van der Waals surface area (Å²) in [5.74, 6) is -0.869. The fraction of sp³-hybridized carbons (Fsp3) is 0.143. The molecule has 2 heterocycles. The summed E-state index contributed by atoms with van der Waals surface area (Å²) in [6.07, 6.45) is 0. The first kappa shape index (κ1) is 13.6. The van der Waals surface area contributed by atoms with Gasteiger partial charge >= 0.3 is 0 Å². The Hall–Kier alpha value is -2.41. The van der Waals surface area contributed by atoms with E-state index in [4.69, 9.17) is 0 Å². The molecule has 0 aliphatic carbocycles. The van der Waals surface area contributed by atoms with Crippen LogP contribution in [0.3, 0.4) is 0 Å². The van der Waals surface area contributed by atoms with Crippen LogP contribution in [0.2, 0.25) is 0 Å². The lowest BCUT2D eigenvalue weighted by Crippen LogP contribution is -2.23. The zero-order valence-electron chi connectivity index (χ0n) is 11.4. The van der Waals surface area contributed by atoms with Gasteiger partial charge in [-0.15, -0.1) is 0 Å². The molecular formula is C14H12N2O4S. The number of benzene rings is 1. The fourth-order valence-corrected chi connectivity index (χ4v) is 3.92. The van der Waals surface area contributed by atoms with E-state index in [1.165, 1.54) is 7.05 Å². The maximum absolute atomic E-state index is 12.2. The van der Waals surface area contributed by atoms with Gasteiger partial charge in [0.2, 0.25) is 0 Å². The lowest BCUT2D eigenvalue weighted by Gasteiger charge is -2.09. The van der Waals surface area contributed by atoms with Gasteiger partial charge < -0.3 is 10.0 Å². The highest BCUT2D eigenvalue weighted by Crippen LogP contribution is 2.36. The molecule has 108 valence electrons. The third-order valence-electron chi connectivity index (χ3n) is 3.61. The fourth-order valence-electron chi connectivity index (χ4n) is 2.48. The molecular weight excluding hydrogens is 292 g/mol. The summed E-state index contributed by atoms with van der Waals surface area (Å²) in [7, 11) is -2.41. The van der Waals surface area contributed by atoms with E-state index in [1.807, 2.05) is 0 Å². The lowest BCUT2D eigenvalue weighted by molar-refractivity contribution is -0.122. The predicted molar refractivity (Wildman–Crippen MR) is 76.5 cm³/mol. The molecule has 1 amide bonds. The summed E-state index contributed by atoms with van der Waals surface area (Å²) >= 11 is 0. The van der Waals surface area contributed by atoms with Crippen LogP contribution in [0.1, 0.15) is 11.1 Å². The number of aliphatic hydroxyl groups excluding tert-OH is 1. The Morgan fingerprint density at radius 2 is 2.00 bits per heavy atom. The molecule has 0 bridgehead atoms. The molecule has 3 rings (SSSR count). The van der Waals surface area contributed by atoms with Crippen LogP contribution < -0.4 is 0 Å². The van der Waals surface area contributed by atoms with Crippen molar-refractivity contribution in [3.63, 3.8) is 0 Å². The van der Waals surface area contributed by atoms with Crippen molar-refractivity contribution < 1.29 is 18.3 Å². The van der Waals surface area contributed by atoms with Crippen LogP contribution in [0.5, 0.6) is 0 Å². The van der Waals surface area contributed by atoms with E-state index < -0.39 is 15.9 Å². The molecule has 0 spiro atoms. The van der Waals surface area contributed by atoms with Gasteiger partial charge in [-0.05, 0) is 12.5 Å². The average molecular weight is 304 g/mol. The first-order valence-electron chi connectivity index (χ1n) is 6.11. The monoisotopic (exact) mass is 304 g/mol. The average Bonchev–Trinajstić information content (AvgIpc) is 2.79. The number of hydrogen-bond acceptors (Lipinski definition) is 4. The van der Waals surface area contributed by atoms with Crippen molar-refractivity contribution in [2.24, 2.45) is 4.40 Å². The van der Waals surface area contributed by atoms with E-state index in [-0.39, 0.29) is 27.6 Å². The maximum atomic E-state index is 12.2. The molecule has 1 aromatic rings. The molecule has 0 atom stereocenters. The van der Waals surface area contributed by atoms with E-state index in [0.29, 0.717) is 11.1 Å². The molecule has 21 heavy (non-hydrogen) atoms. The number of likely N-dealkylation sites (N-methyl/N-ethyl adjacent to an activating group) is 1. The molecule has 2 aliphatic heterocycles. The predicted octanol–water partition coefficient (Wildman–Crippen LogP) is 1.28. The third kappa shape index (κ3) is 1.67. The van der Waals surface area contributed by atoms with Gasteiger partial charge in [0.25, 0.3) is 15.9 Å². The first-order valence-corrected chi connectivity index (χ1v) is 7.55. The molecule has 7 heteroatoms. The van der Waals surface area contributed by atoms with E-state index in [2.05, 4.69) is 11.0 Å². The van der Waals surface area contributed by atoms with Gasteiger partial charge in [-0.25, -0.2) is 0 Å². The molecule has 1 aromatic carbocycles. The van der Waals surface area contributed by atoms with Gasteiger partial charge in [-0.2, -0.15) is 12.8 Å². The topological polar surface area (TPSA) is 87.0 Å². The first-order chi connectivity index (χ1) is 9.75. The van der Waals surface area contributed by atoms with Crippen molar-refractivity contribution in [3.8, 4) is 0 Å². The van der Waals surface area contributed by atoms with Crippen molar-refractivity contribution in [2.75, 3.05) is 7.05 Å². The number of sulfonamides is 1. The molecule has 0 fully saturated rings. The highest BCUT2D eigenvalue weighted by atomic mass is 32.2. The number of amides is 1. The van der Waals surface area contributed by atoms with Gasteiger partial charge in [0.1, 0.15) is 16.2 Å². The SMILES string of the molecule is C=C1C(O)=C(C2=NS(=O)(=O)c3c(C)cccc32)C(=O)N1C. The number of hydrogen-bond donors (Lipinski definition) is 1. The van der Waals surface area contributed by atoms with Gasteiger partial charge in [0.05, 0.1) is 5.70 Å². The van der Waals surface area contributed by atoms with E-state index in [1.54, 1.807) is 25.1 Å². The Balaban J connectivity index is 2.32. The van der Waals surface area contributed by atoms with Gasteiger partial charge in [-0.3, -0.25) is 4.79 Å². The number of carbonyl (C=O) groups is 1. The quantitative estimate of drug-likeness (QED) is 0.846. The van der Waals surface area contributed by atoms with Crippen LogP contribution in [-0.2, 0) is 14.8 Å². The highest BCUT2D eigenvalue weighted by Gasteiger charge is 2.41. The minimum Gasteiger partial charge on any atom is -0.505 e. The Morgan fingerprint density at radius 1 is 1.33 bits per heavy atom. The molecule has 0 radical (unpaired) electrons. The normalized spacial score (nSPS) is 20.1. The van der Waals surface area contributed by atoms with Crippen LogP contribution in [0, 0.1) is 6.92 Å². The van der Waals surface area contributed by atoms with E-state index in [0.717, 1.165) is 4.90 Å². The van der Waals surface area contributed by atoms with Gasteiger partial charge in [0, 0.05) is 12.6 Å². The van der Waals surface area contributed by atoms with Crippen molar-refractivity contribution in [1.29, 1.82) is 0 Å². The molecule has 0 aromatic heterocycles. The van der Waals surface area contributed by atoms with Crippen LogP contribution in [0.15, 0.2) is 51.1 Å². The van der Waals surface area contributed by atoms with E-state index >= 15 is 0 Å². The Bertz CT molecular complexity index is 878. The number of rotatable bonds is 1. The summed E-state index contributed by atoms with van der Waals surface area (Å²) in [6, 6.07) is 4.91. The van der Waals surface area contributed by atoms with E-state index in [9.17, 15) is 18.3 Å². The second-order valence-corrected chi connectivity index (χ2v) is 6.44. The molecule has 2 aliphatic rings. The van der Waals surface area contributed by atoms with Crippen LogP contribution >= 0.6 is 0 Å². The minimum absolute atomic E-state index is 0.0262. The molecule has 0 unspecified atom stereocenters. The number of aliphatic hydroxyl groups is 1. The molecule has 1 N–H and O–H groups in total. The van der Waals surface area contributed by atoms with Gasteiger partial charge in [-0.1, -0.05) is 24.8 Å². The van der Waals surface area contributed by atoms with Crippen molar-refractivity contribution >= 4 is 21.6 Å². The van der Waals surface area contributed by atoms with Crippen molar-refractivity contribution in [2.45, 2.75) is 11.8 Å². The zero-order valence-corrected chi connectivity index (χ0v) is 12.2. The Morgan fingerprint density at radius 3 is 2.57 bits per heavy atom. The smallest absolute Gasteiger partial charge is 0.283 e. The summed E-state index contributed by atoms with van der Waals surface area (Å²) < 4.78 is 28.0. The lowest BCUT2D eigenvalue weighted by atomic mass is 10.0. The Labute approximate surface area is 121 Å². The Kier molecular flexibility index (Phi) is 2.61. The van der Waals surface area contributed by atoms with Crippen molar-refractivity contribution in [1.82, 2.24) is 4.90 Å². The number of nitrogens with zero attached hydrogens (tertiary/aromatic N) is 2. The zero-order chi connectivity index (χ0) is 15.5. The second kappa shape index (κ2) is 4.05. The molecule has 0 saturated carbocycles. The standard InChI is InChI=1S/C14H12N2O4S/c1-7-5-4-6-9-11(15-21(19,20)13(7)9)10-12(17)8(2)16(3)14(10)18/h4-6,17H,2H2,1,3H3. The number of aryl methyl sites for hydroxylation is 1. The minimum atomic E-state index is -3.86. The number of fused-ring (bicyclic) bond motifs is 1. The van der Waals surface area contributed by atoms with Crippen molar-refractivity contribution in [3.05, 3.63) is 52.9 Å². The van der Waals surface area contributed by atoms with Crippen LogP contribution in [0.4, 0.5) is 0 Å². The second-order valence-electron chi connectivity index (χ2n) is 4.90. The highest BCUT2D eigenvalue weighted by molar-refractivity contribution is 7.90. The summed E-state index contributed by atoms with van der Waals surface area (Å²) in [5, 5.41) is 10.1. The molecule has 0 saturated heterocycles.